The van der Waals surface area contributed by atoms with E-state index in [1.807, 2.05) is 0 Å². The second kappa shape index (κ2) is 9.02. The van der Waals surface area contributed by atoms with E-state index in [1.165, 1.54) is 0 Å². The third-order valence-corrected chi connectivity index (χ3v) is 3.83. The van der Waals surface area contributed by atoms with E-state index in [4.69, 9.17) is 0 Å². The lowest BCUT2D eigenvalue weighted by Crippen LogP contribution is -2.50. The molecule has 10 heteroatoms. The number of halogens is 5. The molecule has 0 aliphatic heterocycles. The summed E-state index contributed by atoms with van der Waals surface area (Å²) in [5.41, 5.74) is -5.23. The van der Waals surface area contributed by atoms with Crippen LogP contribution in [-0.4, -0.2) is 35.7 Å². The molecule has 140 valence electrons. The molecule has 2 N–H and O–H groups in total. The molecule has 1 aromatic rings. The summed E-state index contributed by atoms with van der Waals surface area (Å²) in [6, 6.07) is 1.74. The third-order valence-electron chi connectivity index (χ3n) is 3.09. The Morgan fingerprint density at radius 1 is 1.16 bits per heavy atom. The van der Waals surface area contributed by atoms with Gasteiger partial charge in [-0.3, -0.25) is 9.59 Å². The number of carbonyl (C=O) groups is 2. The Hall–Kier alpha value is -1.84. The van der Waals surface area contributed by atoms with Crippen molar-refractivity contribution in [1.29, 1.82) is 0 Å². The fourth-order valence-corrected chi connectivity index (χ4v) is 2.35. The summed E-state index contributed by atoms with van der Waals surface area (Å²) in [6.07, 6.45) is 0. The second-order valence-corrected chi connectivity index (χ2v) is 6.54. The zero-order chi connectivity index (χ0) is 19.2. The van der Waals surface area contributed by atoms with E-state index in [1.54, 1.807) is 13.8 Å². The molecule has 25 heavy (non-hydrogen) atoms. The van der Waals surface area contributed by atoms with E-state index in [0.717, 1.165) is 18.2 Å². The van der Waals surface area contributed by atoms with Gasteiger partial charge in [0, 0.05) is 12.3 Å². The molecule has 0 aliphatic rings. The first-order valence-electron chi connectivity index (χ1n) is 7.26. The van der Waals surface area contributed by atoms with E-state index in [0.29, 0.717) is 0 Å². The van der Waals surface area contributed by atoms with Gasteiger partial charge in [-0.15, -0.1) is 0 Å². The zero-order valence-electron chi connectivity index (χ0n) is 13.4. The molecule has 0 saturated carbocycles. The first kappa shape index (κ1) is 21.2. The van der Waals surface area contributed by atoms with Crippen LogP contribution in [0.4, 0.5) is 22.0 Å². The zero-order valence-corrected chi connectivity index (χ0v) is 14.2. The van der Waals surface area contributed by atoms with Crippen molar-refractivity contribution in [2.75, 3.05) is 12.3 Å². The quantitative estimate of drug-likeness (QED) is 0.561. The molecule has 0 heterocycles. The van der Waals surface area contributed by atoms with Crippen LogP contribution in [-0.2, 0) is 4.79 Å². The number of alkyl halides is 3. The van der Waals surface area contributed by atoms with Crippen molar-refractivity contribution in [3.8, 4) is 0 Å². The summed E-state index contributed by atoms with van der Waals surface area (Å²) < 4.78 is 63.3. The van der Waals surface area contributed by atoms with Crippen molar-refractivity contribution >= 4 is 23.6 Å². The maximum atomic E-state index is 13.6. The van der Waals surface area contributed by atoms with Crippen LogP contribution in [0.3, 0.4) is 0 Å². The van der Waals surface area contributed by atoms with Crippen LogP contribution in [0.2, 0.25) is 0 Å². The minimum absolute atomic E-state index is 0.268. The fraction of sp³-hybridized carbons (Fsp3) is 0.467. The SMILES string of the molecule is CC(C)[C@H](NC(=O)c1c(F)cccc1F)C(=O)NCCSC(F)(F)F. The van der Waals surface area contributed by atoms with E-state index < -0.39 is 52.2 Å². The molecule has 0 fully saturated rings. The average Bonchev–Trinajstić information content (AvgIpc) is 2.47. The third kappa shape index (κ3) is 6.89. The normalized spacial score (nSPS) is 12.8. The van der Waals surface area contributed by atoms with Gasteiger partial charge >= 0.3 is 5.51 Å². The van der Waals surface area contributed by atoms with E-state index in [2.05, 4.69) is 10.6 Å². The van der Waals surface area contributed by atoms with Crippen LogP contribution in [0.5, 0.6) is 0 Å². The van der Waals surface area contributed by atoms with Crippen LogP contribution in [0.15, 0.2) is 18.2 Å². The molecule has 4 nitrogen and oxygen atoms in total. The summed E-state index contributed by atoms with van der Waals surface area (Å²) in [6.45, 7) is 2.88. The Morgan fingerprint density at radius 3 is 2.20 bits per heavy atom. The van der Waals surface area contributed by atoms with Gasteiger partial charge in [-0.25, -0.2) is 8.78 Å². The topological polar surface area (TPSA) is 58.2 Å². The summed E-state index contributed by atoms with van der Waals surface area (Å²) >= 11 is -0.291. The summed E-state index contributed by atoms with van der Waals surface area (Å²) in [7, 11) is 0. The van der Waals surface area contributed by atoms with E-state index >= 15 is 0 Å². The summed E-state index contributed by atoms with van der Waals surface area (Å²) in [5.74, 6) is -4.86. The first-order valence-corrected chi connectivity index (χ1v) is 8.24. The molecule has 0 saturated heterocycles. The molecular weight excluding hydrogens is 367 g/mol. The van der Waals surface area contributed by atoms with Crippen molar-refractivity contribution in [3.05, 3.63) is 35.4 Å². The molecule has 0 radical (unpaired) electrons. The Labute approximate surface area is 145 Å². The van der Waals surface area contributed by atoms with Crippen LogP contribution in [0.1, 0.15) is 24.2 Å². The highest BCUT2D eigenvalue weighted by Gasteiger charge is 2.29. The number of thioether (sulfide) groups is 1. The van der Waals surface area contributed by atoms with Crippen molar-refractivity contribution in [2.24, 2.45) is 5.92 Å². The second-order valence-electron chi connectivity index (χ2n) is 5.38. The highest BCUT2D eigenvalue weighted by molar-refractivity contribution is 8.00. The van der Waals surface area contributed by atoms with Gasteiger partial charge in [-0.1, -0.05) is 19.9 Å². The Bertz CT molecular complexity index is 602. The molecule has 0 bridgehead atoms. The molecule has 1 atom stereocenters. The fourth-order valence-electron chi connectivity index (χ4n) is 1.91. The van der Waals surface area contributed by atoms with Gasteiger partial charge in [0.25, 0.3) is 5.91 Å². The van der Waals surface area contributed by atoms with Crippen LogP contribution in [0.25, 0.3) is 0 Å². The number of nitrogens with one attached hydrogen (secondary N) is 2. The largest absolute Gasteiger partial charge is 0.441 e. The van der Waals surface area contributed by atoms with E-state index in [9.17, 15) is 31.5 Å². The number of carbonyl (C=O) groups excluding carboxylic acids is 2. The lowest BCUT2D eigenvalue weighted by molar-refractivity contribution is -0.123. The average molecular weight is 384 g/mol. The number of benzene rings is 1. The number of amides is 2. The van der Waals surface area contributed by atoms with Crippen molar-refractivity contribution in [1.82, 2.24) is 10.6 Å². The summed E-state index contributed by atoms with van der Waals surface area (Å²) in [5, 5.41) is 4.47. The Balaban J connectivity index is 2.70. The minimum Gasteiger partial charge on any atom is -0.353 e. The number of hydrogen-bond acceptors (Lipinski definition) is 3. The van der Waals surface area contributed by atoms with Crippen LogP contribution in [0, 0.1) is 17.6 Å². The highest BCUT2D eigenvalue weighted by atomic mass is 32.2. The molecule has 0 unspecified atom stereocenters. The smallest absolute Gasteiger partial charge is 0.353 e. The predicted molar refractivity (Wildman–Crippen MR) is 84.0 cm³/mol. The van der Waals surface area contributed by atoms with Crippen molar-refractivity contribution in [3.63, 3.8) is 0 Å². The Morgan fingerprint density at radius 2 is 1.72 bits per heavy atom. The number of hydrogen-bond donors (Lipinski definition) is 2. The van der Waals surface area contributed by atoms with Gasteiger partial charge in [0.05, 0.1) is 0 Å². The van der Waals surface area contributed by atoms with Crippen LogP contribution >= 0.6 is 11.8 Å². The molecule has 2 amide bonds. The molecule has 0 spiro atoms. The predicted octanol–water partition coefficient (Wildman–Crippen LogP) is 3.09. The standard InChI is InChI=1S/C15H17F5N2O2S/c1-8(2)12(14(24)21-6-7-25-15(18,19)20)22-13(23)11-9(16)4-3-5-10(11)17/h3-5,8,12H,6-7H2,1-2H3,(H,21,24)(H,22,23)/t12-/m0/s1. The van der Waals surface area contributed by atoms with Crippen molar-refractivity contribution in [2.45, 2.75) is 25.4 Å². The molecule has 1 aromatic carbocycles. The molecule has 1 rings (SSSR count). The lowest BCUT2D eigenvalue weighted by atomic mass is 10.0. The maximum Gasteiger partial charge on any atom is 0.441 e. The van der Waals surface area contributed by atoms with Gasteiger partial charge in [-0.05, 0) is 29.8 Å². The van der Waals surface area contributed by atoms with Gasteiger partial charge in [-0.2, -0.15) is 13.2 Å². The lowest BCUT2D eigenvalue weighted by Gasteiger charge is -2.22. The first-order chi connectivity index (χ1) is 11.5. The van der Waals surface area contributed by atoms with E-state index in [-0.39, 0.29) is 18.3 Å². The molecule has 0 aliphatic carbocycles. The van der Waals surface area contributed by atoms with Gasteiger partial charge in [0.2, 0.25) is 5.91 Å². The summed E-state index contributed by atoms with van der Waals surface area (Å²) in [4.78, 5) is 24.1. The monoisotopic (exact) mass is 384 g/mol. The van der Waals surface area contributed by atoms with Gasteiger partial charge < -0.3 is 10.6 Å². The molecule has 0 aromatic heterocycles. The Kier molecular flexibility index (Phi) is 7.65. The maximum absolute atomic E-state index is 13.6. The van der Waals surface area contributed by atoms with Gasteiger partial charge in [0.15, 0.2) is 0 Å². The van der Waals surface area contributed by atoms with Gasteiger partial charge in [0.1, 0.15) is 23.2 Å². The van der Waals surface area contributed by atoms with Crippen LogP contribution < -0.4 is 10.6 Å². The van der Waals surface area contributed by atoms with Crippen molar-refractivity contribution < 1.29 is 31.5 Å². The minimum atomic E-state index is -4.40. The highest BCUT2D eigenvalue weighted by Crippen LogP contribution is 2.29. The number of rotatable bonds is 7. The molecular formula is C15H17F5N2O2S.